The van der Waals surface area contributed by atoms with E-state index in [1.54, 1.807) is 0 Å². The van der Waals surface area contributed by atoms with Crippen molar-refractivity contribution in [2.45, 2.75) is 45.1 Å². The number of hydrogen-bond donors (Lipinski definition) is 0. The predicted octanol–water partition coefficient (Wildman–Crippen LogP) is 2.93. The molecule has 1 atom stereocenters. The lowest BCUT2D eigenvalue weighted by Crippen LogP contribution is -2.25. The van der Waals surface area contributed by atoms with Crippen molar-refractivity contribution in [3.8, 4) is 0 Å². The molecule has 0 heterocycles. The molecule has 0 aliphatic heterocycles. The highest BCUT2D eigenvalue weighted by molar-refractivity contribution is 14.1. The van der Waals surface area contributed by atoms with Crippen LogP contribution in [-0.2, 0) is 9.53 Å². The second-order valence-corrected chi connectivity index (χ2v) is 4.63. The lowest BCUT2D eigenvalue weighted by atomic mass is 9.98. The normalized spacial score (nSPS) is 21.1. The zero-order valence-electron chi connectivity index (χ0n) is 8.09. The highest BCUT2D eigenvalue weighted by Crippen LogP contribution is 2.21. The Morgan fingerprint density at radius 1 is 1.46 bits per heavy atom. The zero-order valence-corrected chi connectivity index (χ0v) is 10.2. The van der Waals surface area contributed by atoms with E-state index < -0.39 is 0 Å². The summed E-state index contributed by atoms with van der Waals surface area (Å²) in [5.74, 6) is 0.0452. The third-order valence-electron chi connectivity index (χ3n) is 2.47. The smallest absolute Gasteiger partial charge is 0.309 e. The summed E-state index contributed by atoms with van der Waals surface area (Å²) in [7, 11) is 0. The monoisotopic (exact) mass is 296 g/mol. The highest BCUT2D eigenvalue weighted by Gasteiger charge is 2.20. The number of rotatable bonds is 3. The van der Waals surface area contributed by atoms with Gasteiger partial charge in [0.25, 0.3) is 0 Å². The van der Waals surface area contributed by atoms with Crippen LogP contribution in [0.2, 0.25) is 0 Å². The molecule has 1 aliphatic carbocycles. The van der Waals surface area contributed by atoms with E-state index in [0.717, 1.165) is 17.3 Å². The molecule has 0 N–H and O–H groups in total. The molecule has 2 nitrogen and oxygen atoms in total. The number of halogens is 1. The molecule has 76 valence electrons. The van der Waals surface area contributed by atoms with E-state index in [0.29, 0.717) is 0 Å². The Balaban J connectivity index is 2.26. The quantitative estimate of drug-likeness (QED) is 0.455. The van der Waals surface area contributed by atoms with Crippen LogP contribution in [0.15, 0.2) is 0 Å². The Bertz CT molecular complexity index is 164. The maximum Gasteiger partial charge on any atom is 0.309 e. The minimum atomic E-state index is -0.0127. The predicted molar refractivity (Wildman–Crippen MR) is 61.0 cm³/mol. The molecule has 1 fully saturated rings. The van der Waals surface area contributed by atoms with E-state index in [2.05, 4.69) is 22.6 Å². The molecule has 1 unspecified atom stereocenters. The fraction of sp³-hybridized carbons (Fsp3) is 0.900. The number of carbonyl (C=O) groups excluding carboxylic acids is 1. The zero-order chi connectivity index (χ0) is 9.68. The second-order valence-electron chi connectivity index (χ2n) is 3.75. The van der Waals surface area contributed by atoms with Gasteiger partial charge in [0.05, 0.1) is 5.92 Å². The van der Waals surface area contributed by atoms with Gasteiger partial charge in [-0.3, -0.25) is 4.79 Å². The summed E-state index contributed by atoms with van der Waals surface area (Å²) < 4.78 is 6.25. The molecule has 13 heavy (non-hydrogen) atoms. The van der Waals surface area contributed by atoms with Gasteiger partial charge in [-0.1, -0.05) is 35.9 Å². The molecule has 0 aromatic rings. The number of ether oxygens (including phenoxy) is 1. The Morgan fingerprint density at radius 3 is 2.62 bits per heavy atom. The van der Waals surface area contributed by atoms with Crippen LogP contribution in [0.3, 0.4) is 0 Å². The summed E-state index contributed by atoms with van der Waals surface area (Å²) in [6.07, 6.45) is 6.09. The summed E-state index contributed by atoms with van der Waals surface area (Å²) in [6, 6.07) is 0. The first-order valence-electron chi connectivity index (χ1n) is 5.00. The average molecular weight is 296 g/mol. The largest absolute Gasteiger partial charge is 0.462 e. The molecule has 0 saturated heterocycles. The molecule has 0 bridgehead atoms. The van der Waals surface area contributed by atoms with Crippen LogP contribution in [0.25, 0.3) is 0 Å². The molecule has 0 aromatic carbocycles. The summed E-state index contributed by atoms with van der Waals surface area (Å²) in [6.45, 7) is 1.93. The van der Waals surface area contributed by atoms with Crippen LogP contribution in [-0.4, -0.2) is 16.5 Å². The van der Waals surface area contributed by atoms with Crippen LogP contribution in [0.4, 0.5) is 0 Å². The van der Waals surface area contributed by atoms with Crippen molar-refractivity contribution in [2.24, 2.45) is 5.92 Å². The van der Waals surface area contributed by atoms with Crippen LogP contribution in [0.5, 0.6) is 0 Å². The van der Waals surface area contributed by atoms with Crippen LogP contribution in [0, 0.1) is 5.92 Å². The summed E-state index contributed by atoms with van der Waals surface area (Å²) in [5, 5.41) is 0. The third kappa shape index (κ3) is 3.83. The Hall–Kier alpha value is 0.200. The number of esters is 1. The second kappa shape index (κ2) is 5.83. The average Bonchev–Trinajstić information content (AvgIpc) is 2.18. The fourth-order valence-corrected chi connectivity index (χ4v) is 1.89. The lowest BCUT2D eigenvalue weighted by Gasteiger charge is -2.23. The topological polar surface area (TPSA) is 26.3 Å². The molecule has 3 heteroatoms. The summed E-state index contributed by atoms with van der Waals surface area (Å²) in [5.41, 5.74) is 0. The van der Waals surface area contributed by atoms with Crippen molar-refractivity contribution in [3.63, 3.8) is 0 Å². The molecule has 0 radical (unpaired) electrons. The number of hydrogen-bond acceptors (Lipinski definition) is 2. The van der Waals surface area contributed by atoms with Gasteiger partial charge in [-0.05, 0) is 25.7 Å². The van der Waals surface area contributed by atoms with Crippen molar-refractivity contribution in [2.75, 3.05) is 4.43 Å². The van der Waals surface area contributed by atoms with Gasteiger partial charge in [0.1, 0.15) is 6.10 Å². The van der Waals surface area contributed by atoms with Gasteiger partial charge in [0.2, 0.25) is 0 Å². The number of carbonyl (C=O) groups is 1. The van der Waals surface area contributed by atoms with Crippen LogP contribution >= 0.6 is 22.6 Å². The van der Waals surface area contributed by atoms with E-state index in [9.17, 15) is 4.79 Å². The maximum atomic E-state index is 11.4. The number of alkyl halides is 1. The first-order valence-corrected chi connectivity index (χ1v) is 6.53. The minimum Gasteiger partial charge on any atom is -0.462 e. The molecule has 0 spiro atoms. The first-order chi connectivity index (χ1) is 6.24. The van der Waals surface area contributed by atoms with E-state index in [1.807, 2.05) is 6.92 Å². The molecular formula is C10H17IO2. The van der Waals surface area contributed by atoms with Crippen LogP contribution in [0.1, 0.15) is 39.0 Å². The van der Waals surface area contributed by atoms with Gasteiger partial charge >= 0.3 is 5.97 Å². The van der Waals surface area contributed by atoms with Crippen molar-refractivity contribution in [1.29, 1.82) is 0 Å². The van der Waals surface area contributed by atoms with Crippen molar-refractivity contribution >= 4 is 28.6 Å². The lowest BCUT2D eigenvalue weighted by molar-refractivity contribution is -0.154. The van der Waals surface area contributed by atoms with Gasteiger partial charge in [0, 0.05) is 4.43 Å². The van der Waals surface area contributed by atoms with E-state index in [1.165, 1.54) is 19.3 Å². The standard InChI is InChI=1S/C10H17IO2/c1-8(7-11)10(12)13-9-5-3-2-4-6-9/h8-9H,2-7H2,1H3. The van der Waals surface area contributed by atoms with Crippen molar-refractivity contribution < 1.29 is 9.53 Å². The van der Waals surface area contributed by atoms with Crippen molar-refractivity contribution in [1.82, 2.24) is 0 Å². The van der Waals surface area contributed by atoms with Gasteiger partial charge in [0.15, 0.2) is 0 Å². The molecular weight excluding hydrogens is 279 g/mol. The first kappa shape index (κ1) is 11.3. The Morgan fingerprint density at radius 2 is 2.08 bits per heavy atom. The third-order valence-corrected chi connectivity index (χ3v) is 3.79. The molecule has 1 aliphatic rings. The fourth-order valence-electron chi connectivity index (χ4n) is 1.53. The maximum absolute atomic E-state index is 11.4. The van der Waals surface area contributed by atoms with Gasteiger partial charge < -0.3 is 4.74 Å². The molecule has 1 rings (SSSR count). The van der Waals surface area contributed by atoms with E-state index in [4.69, 9.17) is 4.74 Å². The van der Waals surface area contributed by atoms with Crippen LogP contribution < -0.4 is 0 Å². The SMILES string of the molecule is CC(CI)C(=O)OC1CCCCC1. The van der Waals surface area contributed by atoms with Gasteiger partial charge in [-0.15, -0.1) is 0 Å². The Labute approximate surface area is 93.6 Å². The summed E-state index contributed by atoms with van der Waals surface area (Å²) in [4.78, 5) is 11.4. The molecule has 0 aromatic heterocycles. The summed E-state index contributed by atoms with van der Waals surface area (Å²) >= 11 is 2.22. The van der Waals surface area contributed by atoms with Gasteiger partial charge in [-0.25, -0.2) is 0 Å². The van der Waals surface area contributed by atoms with E-state index in [-0.39, 0.29) is 18.0 Å². The molecule has 1 saturated carbocycles. The molecule has 0 amide bonds. The minimum absolute atomic E-state index is 0.0127. The van der Waals surface area contributed by atoms with Gasteiger partial charge in [-0.2, -0.15) is 0 Å². The van der Waals surface area contributed by atoms with Crippen molar-refractivity contribution in [3.05, 3.63) is 0 Å². The van der Waals surface area contributed by atoms with E-state index >= 15 is 0 Å². The Kier molecular flexibility index (Phi) is 5.06. The highest BCUT2D eigenvalue weighted by atomic mass is 127.